The minimum absolute atomic E-state index is 0.0719. The SMILES string of the molecule is CCNC(C(=O)c1ccn(C)c1)C(C)C. The van der Waals surface area contributed by atoms with Crippen LogP contribution in [0.3, 0.4) is 0 Å². The molecule has 1 aromatic heterocycles. The van der Waals surface area contributed by atoms with Gasteiger partial charge in [0, 0.05) is 25.0 Å². The zero-order chi connectivity index (χ0) is 11.4. The number of carbonyl (C=O) groups is 1. The second-order valence-corrected chi connectivity index (χ2v) is 4.21. The second-order valence-electron chi connectivity index (χ2n) is 4.21. The number of hydrogen-bond donors (Lipinski definition) is 1. The minimum Gasteiger partial charge on any atom is -0.357 e. The smallest absolute Gasteiger partial charge is 0.181 e. The third-order valence-corrected chi connectivity index (χ3v) is 2.49. The molecule has 0 fully saturated rings. The highest BCUT2D eigenvalue weighted by Gasteiger charge is 2.22. The molecule has 1 rings (SSSR count). The van der Waals surface area contributed by atoms with Crippen molar-refractivity contribution < 1.29 is 4.79 Å². The quantitative estimate of drug-likeness (QED) is 0.749. The molecule has 1 atom stereocenters. The van der Waals surface area contributed by atoms with Crippen molar-refractivity contribution in [3.05, 3.63) is 24.0 Å². The molecule has 1 heterocycles. The van der Waals surface area contributed by atoms with E-state index in [1.54, 1.807) is 0 Å². The molecule has 1 N–H and O–H groups in total. The maximum absolute atomic E-state index is 12.1. The number of aromatic nitrogens is 1. The predicted octanol–water partition coefficient (Wildman–Crippen LogP) is 1.84. The van der Waals surface area contributed by atoms with Crippen LogP contribution in [0, 0.1) is 5.92 Å². The summed E-state index contributed by atoms with van der Waals surface area (Å²) in [6.07, 6.45) is 3.77. The van der Waals surface area contributed by atoms with Crippen LogP contribution in [0.2, 0.25) is 0 Å². The fourth-order valence-corrected chi connectivity index (χ4v) is 1.68. The van der Waals surface area contributed by atoms with E-state index in [-0.39, 0.29) is 11.8 Å². The van der Waals surface area contributed by atoms with Gasteiger partial charge in [-0.1, -0.05) is 20.8 Å². The van der Waals surface area contributed by atoms with Crippen LogP contribution in [0.5, 0.6) is 0 Å². The topological polar surface area (TPSA) is 34.0 Å². The van der Waals surface area contributed by atoms with Gasteiger partial charge in [-0.15, -0.1) is 0 Å². The third kappa shape index (κ3) is 2.93. The standard InChI is InChI=1S/C12H20N2O/c1-5-13-11(9(2)3)12(15)10-6-7-14(4)8-10/h6-9,11,13H,5H2,1-4H3. The third-order valence-electron chi connectivity index (χ3n) is 2.49. The van der Waals surface area contributed by atoms with Gasteiger partial charge in [0.1, 0.15) is 0 Å². The summed E-state index contributed by atoms with van der Waals surface area (Å²) in [5.41, 5.74) is 0.789. The molecule has 1 aromatic rings. The van der Waals surface area contributed by atoms with Crippen LogP contribution < -0.4 is 5.32 Å². The Morgan fingerprint density at radius 2 is 2.20 bits per heavy atom. The lowest BCUT2D eigenvalue weighted by Gasteiger charge is -2.19. The van der Waals surface area contributed by atoms with Gasteiger partial charge < -0.3 is 9.88 Å². The number of nitrogens with zero attached hydrogens (tertiary/aromatic N) is 1. The van der Waals surface area contributed by atoms with Gasteiger partial charge in [0.2, 0.25) is 0 Å². The molecule has 3 heteroatoms. The van der Waals surface area contributed by atoms with Gasteiger partial charge in [-0.2, -0.15) is 0 Å². The van der Waals surface area contributed by atoms with Crippen molar-refractivity contribution in [2.75, 3.05) is 6.54 Å². The monoisotopic (exact) mass is 208 g/mol. The van der Waals surface area contributed by atoms with E-state index in [0.29, 0.717) is 5.92 Å². The molecular formula is C12H20N2O. The van der Waals surface area contributed by atoms with Gasteiger partial charge in [-0.25, -0.2) is 0 Å². The van der Waals surface area contributed by atoms with Gasteiger partial charge in [-0.3, -0.25) is 4.79 Å². The number of Topliss-reactive ketones (excluding diaryl/α,β-unsaturated/α-hetero) is 1. The first-order chi connectivity index (χ1) is 7.06. The molecule has 0 amide bonds. The van der Waals surface area contributed by atoms with E-state index >= 15 is 0 Å². The van der Waals surface area contributed by atoms with Crippen molar-refractivity contribution in [3.8, 4) is 0 Å². The van der Waals surface area contributed by atoms with E-state index in [1.807, 2.05) is 37.0 Å². The number of likely N-dealkylation sites (N-methyl/N-ethyl adjacent to an activating group) is 1. The van der Waals surface area contributed by atoms with Crippen LogP contribution in [0.4, 0.5) is 0 Å². The van der Waals surface area contributed by atoms with Crippen molar-refractivity contribution in [3.63, 3.8) is 0 Å². The summed E-state index contributed by atoms with van der Waals surface area (Å²) in [5.74, 6) is 0.505. The highest BCUT2D eigenvalue weighted by atomic mass is 16.1. The first-order valence-electron chi connectivity index (χ1n) is 5.45. The Morgan fingerprint density at radius 1 is 1.53 bits per heavy atom. The Bertz CT molecular complexity index is 328. The molecule has 0 saturated heterocycles. The zero-order valence-electron chi connectivity index (χ0n) is 9.95. The average molecular weight is 208 g/mol. The summed E-state index contributed by atoms with van der Waals surface area (Å²) in [6, 6.07) is 1.80. The summed E-state index contributed by atoms with van der Waals surface area (Å²) in [5, 5.41) is 3.23. The summed E-state index contributed by atoms with van der Waals surface area (Å²) in [4.78, 5) is 12.1. The number of ketones is 1. The highest BCUT2D eigenvalue weighted by Crippen LogP contribution is 2.10. The fraction of sp³-hybridized carbons (Fsp3) is 0.583. The predicted molar refractivity (Wildman–Crippen MR) is 62.0 cm³/mol. The molecule has 0 aliphatic heterocycles. The Kier molecular flexibility index (Phi) is 4.09. The molecular weight excluding hydrogens is 188 g/mol. The van der Waals surface area contributed by atoms with E-state index in [2.05, 4.69) is 19.2 Å². The van der Waals surface area contributed by atoms with Gasteiger partial charge in [-0.05, 0) is 18.5 Å². The lowest BCUT2D eigenvalue weighted by molar-refractivity contribution is 0.0918. The first kappa shape index (κ1) is 12.0. The number of rotatable bonds is 5. The van der Waals surface area contributed by atoms with Gasteiger partial charge in [0.05, 0.1) is 6.04 Å². The number of aryl methyl sites for hydroxylation is 1. The molecule has 3 nitrogen and oxygen atoms in total. The molecule has 1 unspecified atom stereocenters. The van der Waals surface area contributed by atoms with Crippen LogP contribution in [0.25, 0.3) is 0 Å². The Balaban J connectivity index is 2.80. The van der Waals surface area contributed by atoms with Crippen LogP contribution in [0.15, 0.2) is 18.5 Å². The summed E-state index contributed by atoms with van der Waals surface area (Å²) >= 11 is 0. The van der Waals surface area contributed by atoms with E-state index in [0.717, 1.165) is 12.1 Å². The Hall–Kier alpha value is -1.09. The fourth-order valence-electron chi connectivity index (χ4n) is 1.68. The molecule has 15 heavy (non-hydrogen) atoms. The molecule has 0 aliphatic carbocycles. The van der Waals surface area contributed by atoms with Gasteiger partial charge in [0.15, 0.2) is 5.78 Å². The molecule has 0 aromatic carbocycles. The minimum atomic E-state index is -0.0719. The number of nitrogens with one attached hydrogen (secondary N) is 1. The summed E-state index contributed by atoms with van der Waals surface area (Å²) < 4.78 is 1.90. The van der Waals surface area contributed by atoms with E-state index in [1.165, 1.54) is 0 Å². The highest BCUT2D eigenvalue weighted by molar-refractivity contribution is 6.00. The largest absolute Gasteiger partial charge is 0.357 e. The summed E-state index contributed by atoms with van der Waals surface area (Å²) in [7, 11) is 1.93. The number of carbonyl (C=O) groups excluding carboxylic acids is 1. The summed E-state index contributed by atoms with van der Waals surface area (Å²) in [6.45, 7) is 6.97. The lowest BCUT2D eigenvalue weighted by atomic mass is 9.96. The van der Waals surface area contributed by atoms with Crippen LogP contribution in [-0.4, -0.2) is 22.9 Å². The van der Waals surface area contributed by atoms with Gasteiger partial charge in [0.25, 0.3) is 0 Å². The van der Waals surface area contributed by atoms with Crippen molar-refractivity contribution in [2.45, 2.75) is 26.8 Å². The lowest BCUT2D eigenvalue weighted by Crippen LogP contribution is -2.40. The van der Waals surface area contributed by atoms with Crippen molar-refractivity contribution in [2.24, 2.45) is 13.0 Å². The van der Waals surface area contributed by atoms with E-state index in [4.69, 9.17) is 0 Å². The maximum atomic E-state index is 12.1. The zero-order valence-corrected chi connectivity index (χ0v) is 9.95. The van der Waals surface area contributed by atoms with E-state index in [9.17, 15) is 4.79 Å². The van der Waals surface area contributed by atoms with Crippen LogP contribution in [0.1, 0.15) is 31.1 Å². The second kappa shape index (κ2) is 5.12. The number of hydrogen-bond acceptors (Lipinski definition) is 2. The molecule has 0 saturated carbocycles. The Labute approximate surface area is 91.5 Å². The molecule has 0 aliphatic rings. The van der Waals surface area contributed by atoms with Gasteiger partial charge >= 0.3 is 0 Å². The normalized spacial score (nSPS) is 13.1. The molecule has 0 bridgehead atoms. The van der Waals surface area contributed by atoms with Crippen molar-refractivity contribution >= 4 is 5.78 Å². The van der Waals surface area contributed by atoms with Crippen molar-refractivity contribution in [1.82, 2.24) is 9.88 Å². The van der Waals surface area contributed by atoms with Crippen LogP contribution in [-0.2, 0) is 7.05 Å². The average Bonchev–Trinajstić information content (AvgIpc) is 2.59. The molecule has 84 valence electrons. The van der Waals surface area contributed by atoms with Crippen LogP contribution >= 0.6 is 0 Å². The molecule has 0 radical (unpaired) electrons. The molecule has 0 spiro atoms. The first-order valence-corrected chi connectivity index (χ1v) is 5.45. The maximum Gasteiger partial charge on any atom is 0.181 e. The van der Waals surface area contributed by atoms with Crippen molar-refractivity contribution in [1.29, 1.82) is 0 Å². The van der Waals surface area contributed by atoms with E-state index < -0.39 is 0 Å². The Morgan fingerprint density at radius 3 is 2.60 bits per heavy atom.